The number of thioether (sulfide) groups is 1. The van der Waals surface area contributed by atoms with E-state index in [0.29, 0.717) is 6.04 Å². The Labute approximate surface area is 125 Å². The van der Waals surface area contributed by atoms with Gasteiger partial charge in [0, 0.05) is 18.7 Å². The highest BCUT2D eigenvalue weighted by molar-refractivity contribution is 7.99. The summed E-state index contributed by atoms with van der Waals surface area (Å²) in [4.78, 5) is 0. The molecule has 0 aliphatic carbocycles. The smallest absolute Gasteiger partial charge is 0.130 e. The molecule has 1 fully saturated rings. The number of hydrogen-bond acceptors (Lipinski definition) is 3. The summed E-state index contributed by atoms with van der Waals surface area (Å²) >= 11 is 8.42. The minimum Gasteiger partial charge on any atom is -0.317 e. The first-order valence-corrected chi connectivity index (χ1v) is 8.58. The first-order valence-electron chi connectivity index (χ1n) is 7.04. The molecule has 1 aromatic heterocycles. The topological polar surface area (TPSA) is 29.9 Å². The summed E-state index contributed by atoms with van der Waals surface area (Å²) in [5.74, 6) is 3.52. The van der Waals surface area contributed by atoms with Crippen LogP contribution in [0, 0.1) is 12.8 Å². The Bertz CT molecular complexity index is 413. The molecule has 1 unspecified atom stereocenters. The van der Waals surface area contributed by atoms with Crippen molar-refractivity contribution in [2.75, 3.05) is 18.6 Å². The van der Waals surface area contributed by atoms with Crippen LogP contribution >= 0.6 is 23.4 Å². The van der Waals surface area contributed by atoms with Gasteiger partial charge in [-0.25, -0.2) is 0 Å². The standard InChI is InChI=1S/C14H24ClN3S/c1-10-13(14(15)18(3)17-10)9-12(16-2)8-11-4-6-19-7-5-11/h11-12,16H,4-9H2,1-3H3. The van der Waals surface area contributed by atoms with Gasteiger partial charge in [-0.3, -0.25) is 4.68 Å². The first-order chi connectivity index (χ1) is 9.11. The van der Waals surface area contributed by atoms with Gasteiger partial charge in [0.15, 0.2) is 0 Å². The van der Waals surface area contributed by atoms with Crippen molar-refractivity contribution in [1.82, 2.24) is 15.1 Å². The van der Waals surface area contributed by atoms with Gasteiger partial charge in [-0.1, -0.05) is 11.6 Å². The Morgan fingerprint density at radius 2 is 2.16 bits per heavy atom. The summed E-state index contributed by atoms with van der Waals surface area (Å²) in [6.07, 6.45) is 4.96. The van der Waals surface area contributed by atoms with Crippen LogP contribution in [0.2, 0.25) is 5.15 Å². The predicted octanol–water partition coefficient (Wildman–Crippen LogP) is 3.05. The lowest BCUT2D eigenvalue weighted by Gasteiger charge is -2.26. The minimum absolute atomic E-state index is 0.508. The van der Waals surface area contributed by atoms with Crippen LogP contribution in [0.25, 0.3) is 0 Å². The third-order valence-electron chi connectivity index (χ3n) is 4.09. The second-order valence-corrected chi connectivity index (χ2v) is 7.04. The molecule has 2 rings (SSSR count). The van der Waals surface area contributed by atoms with Crippen LogP contribution in [-0.4, -0.2) is 34.4 Å². The van der Waals surface area contributed by atoms with Crippen LogP contribution in [0.3, 0.4) is 0 Å². The van der Waals surface area contributed by atoms with E-state index < -0.39 is 0 Å². The zero-order valence-corrected chi connectivity index (χ0v) is 13.7. The van der Waals surface area contributed by atoms with Gasteiger partial charge >= 0.3 is 0 Å². The molecule has 0 radical (unpaired) electrons. The molecule has 1 saturated heterocycles. The number of hydrogen-bond donors (Lipinski definition) is 1. The van der Waals surface area contributed by atoms with Gasteiger partial charge in [-0.15, -0.1) is 0 Å². The third-order valence-corrected chi connectivity index (χ3v) is 5.61. The Kier molecular flexibility index (Phi) is 5.60. The summed E-state index contributed by atoms with van der Waals surface area (Å²) in [5, 5.41) is 8.65. The van der Waals surface area contributed by atoms with Crippen LogP contribution in [-0.2, 0) is 13.5 Å². The average Bonchev–Trinajstić information content (AvgIpc) is 2.65. The molecule has 1 atom stereocenters. The van der Waals surface area contributed by atoms with Gasteiger partial charge < -0.3 is 5.32 Å². The number of aryl methyl sites for hydroxylation is 2. The molecule has 1 aliphatic rings. The highest BCUT2D eigenvalue weighted by Crippen LogP contribution is 2.28. The fraction of sp³-hybridized carbons (Fsp3) is 0.786. The fourth-order valence-electron chi connectivity index (χ4n) is 2.84. The van der Waals surface area contributed by atoms with Gasteiger partial charge in [0.2, 0.25) is 0 Å². The molecule has 19 heavy (non-hydrogen) atoms. The minimum atomic E-state index is 0.508. The fourth-order valence-corrected chi connectivity index (χ4v) is 4.30. The predicted molar refractivity (Wildman–Crippen MR) is 84.2 cm³/mol. The highest BCUT2D eigenvalue weighted by Gasteiger charge is 2.21. The lowest BCUT2D eigenvalue weighted by atomic mass is 9.91. The molecular formula is C14H24ClN3S. The number of nitrogens with one attached hydrogen (secondary N) is 1. The SMILES string of the molecule is CNC(Cc1c(C)nn(C)c1Cl)CC1CCSCC1. The molecule has 1 aromatic rings. The van der Waals surface area contributed by atoms with Crippen molar-refractivity contribution in [2.45, 2.75) is 38.6 Å². The Hall–Kier alpha value is -0.190. The van der Waals surface area contributed by atoms with Gasteiger partial charge in [-0.05, 0) is 57.1 Å². The molecule has 108 valence electrons. The number of rotatable bonds is 5. The van der Waals surface area contributed by atoms with E-state index in [-0.39, 0.29) is 0 Å². The molecule has 0 spiro atoms. The van der Waals surface area contributed by atoms with Crippen molar-refractivity contribution in [1.29, 1.82) is 0 Å². The van der Waals surface area contributed by atoms with Crippen molar-refractivity contribution in [3.05, 3.63) is 16.4 Å². The van der Waals surface area contributed by atoms with Crippen LogP contribution in [0.15, 0.2) is 0 Å². The van der Waals surface area contributed by atoms with Crippen LogP contribution in [0.5, 0.6) is 0 Å². The van der Waals surface area contributed by atoms with Gasteiger partial charge in [0.05, 0.1) is 5.69 Å². The van der Waals surface area contributed by atoms with Crippen LogP contribution < -0.4 is 5.32 Å². The summed E-state index contributed by atoms with van der Waals surface area (Å²) < 4.78 is 1.77. The van der Waals surface area contributed by atoms with E-state index in [0.717, 1.165) is 23.2 Å². The monoisotopic (exact) mass is 301 g/mol. The van der Waals surface area contributed by atoms with Gasteiger partial charge in [0.25, 0.3) is 0 Å². The number of halogens is 1. The lowest BCUT2D eigenvalue weighted by molar-refractivity contribution is 0.376. The summed E-state index contributed by atoms with van der Waals surface area (Å²) in [5.41, 5.74) is 2.26. The van der Waals surface area contributed by atoms with Crippen molar-refractivity contribution < 1.29 is 0 Å². The Balaban J connectivity index is 1.98. The largest absolute Gasteiger partial charge is 0.317 e. The summed E-state index contributed by atoms with van der Waals surface area (Å²) in [6.45, 7) is 2.05. The molecule has 1 N–H and O–H groups in total. The van der Waals surface area contributed by atoms with Crippen LogP contribution in [0.1, 0.15) is 30.5 Å². The zero-order valence-electron chi connectivity index (χ0n) is 12.1. The van der Waals surface area contributed by atoms with E-state index >= 15 is 0 Å². The quantitative estimate of drug-likeness (QED) is 0.906. The van der Waals surface area contributed by atoms with Gasteiger partial charge in [-0.2, -0.15) is 16.9 Å². The molecular weight excluding hydrogens is 278 g/mol. The molecule has 0 saturated carbocycles. The first kappa shape index (κ1) is 15.2. The van der Waals surface area contributed by atoms with Crippen LogP contribution in [0.4, 0.5) is 0 Å². The summed E-state index contributed by atoms with van der Waals surface area (Å²) in [6, 6.07) is 0.508. The van der Waals surface area contributed by atoms with E-state index in [9.17, 15) is 0 Å². The zero-order chi connectivity index (χ0) is 13.8. The second-order valence-electron chi connectivity index (χ2n) is 5.46. The van der Waals surface area contributed by atoms with E-state index in [1.54, 1.807) is 4.68 Å². The molecule has 0 bridgehead atoms. The highest BCUT2D eigenvalue weighted by atomic mass is 35.5. The van der Waals surface area contributed by atoms with Crippen molar-refractivity contribution in [3.63, 3.8) is 0 Å². The van der Waals surface area contributed by atoms with Crippen molar-refractivity contribution in [3.8, 4) is 0 Å². The lowest BCUT2D eigenvalue weighted by Crippen LogP contribution is -2.31. The number of nitrogens with zero attached hydrogens (tertiary/aromatic N) is 2. The van der Waals surface area contributed by atoms with Crippen molar-refractivity contribution in [2.24, 2.45) is 13.0 Å². The van der Waals surface area contributed by atoms with E-state index in [4.69, 9.17) is 11.6 Å². The number of aromatic nitrogens is 2. The number of likely N-dealkylation sites (N-methyl/N-ethyl adjacent to an activating group) is 1. The normalized spacial score (nSPS) is 18.7. The second kappa shape index (κ2) is 7.00. The molecule has 2 heterocycles. The Morgan fingerprint density at radius 3 is 2.68 bits per heavy atom. The van der Waals surface area contributed by atoms with Gasteiger partial charge in [0.1, 0.15) is 5.15 Å². The summed E-state index contributed by atoms with van der Waals surface area (Å²) in [7, 11) is 3.97. The molecule has 3 nitrogen and oxygen atoms in total. The maximum Gasteiger partial charge on any atom is 0.130 e. The average molecular weight is 302 g/mol. The third kappa shape index (κ3) is 3.89. The molecule has 5 heteroatoms. The molecule has 0 aromatic carbocycles. The van der Waals surface area contributed by atoms with E-state index in [2.05, 4.69) is 29.2 Å². The maximum absolute atomic E-state index is 6.33. The van der Waals surface area contributed by atoms with E-state index in [1.807, 2.05) is 14.0 Å². The maximum atomic E-state index is 6.33. The van der Waals surface area contributed by atoms with E-state index in [1.165, 1.54) is 36.3 Å². The van der Waals surface area contributed by atoms with Crippen molar-refractivity contribution >= 4 is 23.4 Å². The molecule has 1 aliphatic heterocycles. The Morgan fingerprint density at radius 1 is 1.47 bits per heavy atom. The molecule has 0 amide bonds.